The van der Waals surface area contributed by atoms with Gasteiger partial charge in [-0.25, -0.2) is 4.79 Å². The van der Waals surface area contributed by atoms with Gasteiger partial charge in [-0.3, -0.25) is 20.2 Å². The molecule has 1 atom stereocenters. The highest BCUT2D eigenvalue weighted by Gasteiger charge is 2.28. The molecule has 1 aromatic rings. The molecule has 3 amide bonds. The molecule has 2 rings (SSSR count). The van der Waals surface area contributed by atoms with E-state index in [-0.39, 0.29) is 11.7 Å². The monoisotopic (exact) mass is 263 g/mol. The molecule has 1 aliphatic carbocycles. The molecule has 7 heteroatoms. The van der Waals surface area contributed by atoms with Crippen LogP contribution in [0.3, 0.4) is 0 Å². The minimum Gasteiger partial charge on any atom is -0.324 e. The van der Waals surface area contributed by atoms with Gasteiger partial charge in [0.1, 0.15) is 0 Å². The third-order valence-electron chi connectivity index (χ3n) is 3.36. The Bertz CT molecular complexity index is 544. The lowest BCUT2D eigenvalue weighted by molar-refractivity contribution is -0.384. The van der Waals surface area contributed by atoms with Crippen LogP contribution in [0.1, 0.15) is 11.1 Å². The molecular formula is C12H13N3O4. The number of benzene rings is 1. The number of carbonyl (C=O) groups excluding carboxylic acids is 2. The van der Waals surface area contributed by atoms with Crippen molar-refractivity contribution in [3.05, 3.63) is 39.4 Å². The lowest BCUT2D eigenvalue weighted by Gasteiger charge is -2.23. The number of hydrogen-bond acceptors (Lipinski definition) is 4. The Labute approximate surface area is 109 Å². The molecule has 0 saturated carbocycles. The zero-order chi connectivity index (χ0) is 14.0. The van der Waals surface area contributed by atoms with Gasteiger partial charge in [-0.05, 0) is 24.0 Å². The molecule has 0 heterocycles. The molecule has 1 N–H and O–H groups in total. The van der Waals surface area contributed by atoms with Crippen molar-refractivity contribution < 1.29 is 14.5 Å². The number of urea groups is 1. The van der Waals surface area contributed by atoms with Gasteiger partial charge in [-0.15, -0.1) is 0 Å². The van der Waals surface area contributed by atoms with Crippen molar-refractivity contribution in [3.63, 3.8) is 0 Å². The first kappa shape index (κ1) is 13.0. The van der Waals surface area contributed by atoms with Crippen LogP contribution in [0.5, 0.6) is 0 Å². The summed E-state index contributed by atoms with van der Waals surface area (Å²) in [5, 5.41) is 12.8. The van der Waals surface area contributed by atoms with Gasteiger partial charge in [-0.1, -0.05) is 6.07 Å². The van der Waals surface area contributed by atoms with Crippen LogP contribution in [-0.4, -0.2) is 35.4 Å². The topological polar surface area (TPSA) is 92.6 Å². The zero-order valence-corrected chi connectivity index (χ0v) is 10.3. The predicted molar refractivity (Wildman–Crippen MR) is 66.7 cm³/mol. The fraction of sp³-hybridized carbons (Fsp3) is 0.333. The molecule has 0 radical (unpaired) electrons. The van der Waals surface area contributed by atoms with Crippen LogP contribution >= 0.6 is 0 Å². The van der Waals surface area contributed by atoms with Crippen molar-refractivity contribution in [2.75, 3.05) is 7.05 Å². The van der Waals surface area contributed by atoms with E-state index in [0.717, 1.165) is 11.1 Å². The average Bonchev–Trinajstić information content (AvgIpc) is 2.80. The largest absolute Gasteiger partial charge is 0.324 e. The van der Waals surface area contributed by atoms with Crippen LogP contribution in [0.25, 0.3) is 0 Å². The first-order valence-electron chi connectivity index (χ1n) is 5.76. The molecule has 19 heavy (non-hydrogen) atoms. The zero-order valence-electron chi connectivity index (χ0n) is 10.3. The number of nitro benzene ring substituents is 1. The summed E-state index contributed by atoms with van der Waals surface area (Å²) in [5.74, 6) is 0. The van der Waals surface area contributed by atoms with E-state index in [4.69, 9.17) is 0 Å². The Hall–Kier alpha value is -2.44. The van der Waals surface area contributed by atoms with Gasteiger partial charge < -0.3 is 4.90 Å². The lowest BCUT2D eigenvalue weighted by Crippen LogP contribution is -2.43. The fourth-order valence-corrected chi connectivity index (χ4v) is 2.29. The third-order valence-corrected chi connectivity index (χ3v) is 3.36. The van der Waals surface area contributed by atoms with Crippen molar-refractivity contribution in [2.45, 2.75) is 18.9 Å². The number of rotatable bonds is 3. The SMILES string of the molecule is CN(C(=O)NC=O)C1Cc2ccc([N+](=O)[O-])cc2C1. The number of nitrogens with zero attached hydrogens (tertiary/aromatic N) is 2. The van der Waals surface area contributed by atoms with Crippen LogP contribution < -0.4 is 5.32 Å². The molecule has 1 aromatic carbocycles. The van der Waals surface area contributed by atoms with E-state index in [1.54, 1.807) is 19.2 Å². The van der Waals surface area contributed by atoms with Crippen molar-refractivity contribution in [1.82, 2.24) is 10.2 Å². The first-order chi connectivity index (χ1) is 9.02. The lowest BCUT2D eigenvalue weighted by atomic mass is 10.1. The van der Waals surface area contributed by atoms with Crippen LogP contribution in [0.15, 0.2) is 18.2 Å². The summed E-state index contributed by atoms with van der Waals surface area (Å²) < 4.78 is 0. The van der Waals surface area contributed by atoms with E-state index in [1.807, 2.05) is 0 Å². The second-order valence-corrected chi connectivity index (χ2v) is 4.45. The van der Waals surface area contributed by atoms with Gasteiger partial charge in [0, 0.05) is 25.2 Å². The van der Waals surface area contributed by atoms with E-state index in [1.165, 1.54) is 11.0 Å². The average molecular weight is 263 g/mol. The van der Waals surface area contributed by atoms with E-state index in [0.29, 0.717) is 19.3 Å². The molecule has 0 spiro atoms. The Morgan fingerprint density at radius 3 is 2.79 bits per heavy atom. The molecule has 1 unspecified atom stereocenters. The molecule has 0 saturated heterocycles. The highest BCUT2D eigenvalue weighted by atomic mass is 16.6. The fourth-order valence-electron chi connectivity index (χ4n) is 2.29. The van der Waals surface area contributed by atoms with E-state index >= 15 is 0 Å². The third kappa shape index (κ3) is 2.54. The second-order valence-electron chi connectivity index (χ2n) is 4.45. The van der Waals surface area contributed by atoms with Crippen molar-refractivity contribution in [1.29, 1.82) is 0 Å². The molecule has 0 aliphatic heterocycles. The second kappa shape index (κ2) is 5.05. The number of amides is 3. The normalized spacial score (nSPS) is 16.6. The summed E-state index contributed by atoms with van der Waals surface area (Å²) in [6, 6.07) is 4.17. The van der Waals surface area contributed by atoms with E-state index < -0.39 is 11.0 Å². The molecule has 0 bridgehead atoms. The number of nitro groups is 1. The molecule has 100 valence electrons. The summed E-state index contributed by atoms with van der Waals surface area (Å²) in [6.45, 7) is 0. The maximum absolute atomic E-state index is 11.5. The number of non-ortho nitro benzene ring substituents is 1. The number of carbonyl (C=O) groups is 2. The Kier molecular flexibility index (Phi) is 3.46. The smallest absolute Gasteiger partial charge is 0.323 e. The van der Waals surface area contributed by atoms with Gasteiger partial charge in [-0.2, -0.15) is 0 Å². The quantitative estimate of drug-likeness (QED) is 0.497. The number of imide groups is 1. The van der Waals surface area contributed by atoms with Gasteiger partial charge >= 0.3 is 6.03 Å². The number of fused-ring (bicyclic) bond motifs is 1. The minimum atomic E-state index is -0.470. The van der Waals surface area contributed by atoms with Crippen molar-refractivity contribution >= 4 is 18.1 Å². The van der Waals surface area contributed by atoms with Gasteiger partial charge in [0.15, 0.2) is 0 Å². The standard InChI is InChI=1S/C12H13N3O4/c1-14(12(17)13-7-16)11-4-8-2-3-10(15(18)19)5-9(8)6-11/h2-3,5,7,11H,4,6H2,1H3,(H,13,16,17). The number of likely N-dealkylation sites (N-methyl/N-ethyl adjacent to an activating group) is 1. The molecule has 0 fully saturated rings. The highest BCUT2D eigenvalue weighted by Crippen LogP contribution is 2.28. The maximum Gasteiger partial charge on any atom is 0.323 e. The maximum atomic E-state index is 11.5. The van der Waals surface area contributed by atoms with Crippen molar-refractivity contribution in [3.8, 4) is 0 Å². The summed E-state index contributed by atoms with van der Waals surface area (Å²) in [4.78, 5) is 33.5. The van der Waals surface area contributed by atoms with Crippen LogP contribution in [-0.2, 0) is 17.6 Å². The highest BCUT2D eigenvalue weighted by molar-refractivity contribution is 5.84. The Balaban J connectivity index is 2.13. The van der Waals surface area contributed by atoms with Crippen LogP contribution in [0.2, 0.25) is 0 Å². The van der Waals surface area contributed by atoms with Gasteiger partial charge in [0.05, 0.1) is 4.92 Å². The summed E-state index contributed by atoms with van der Waals surface area (Å²) in [6.07, 6.45) is 1.53. The number of nitrogens with one attached hydrogen (secondary N) is 1. The van der Waals surface area contributed by atoms with Crippen LogP contribution in [0, 0.1) is 10.1 Å². The van der Waals surface area contributed by atoms with Crippen LogP contribution in [0.4, 0.5) is 10.5 Å². The van der Waals surface area contributed by atoms with E-state index in [2.05, 4.69) is 5.32 Å². The molecule has 1 aliphatic rings. The Morgan fingerprint density at radius 1 is 1.47 bits per heavy atom. The number of hydrogen-bond donors (Lipinski definition) is 1. The summed E-state index contributed by atoms with van der Waals surface area (Å²) in [5.41, 5.74) is 1.94. The summed E-state index contributed by atoms with van der Waals surface area (Å²) >= 11 is 0. The molecule has 0 aromatic heterocycles. The molecular weight excluding hydrogens is 250 g/mol. The Morgan fingerprint density at radius 2 is 2.16 bits per heavy atom. The molecule has 7 nitrogen and oxygen atoms in total. The van der Waals surface area contributed by atoms with E-state index in [9.17, 15) is 19.7 Å². The van der Waals surface area contributed by atoms with Gasteiger partial charge in [0.25, 0.3) is 5.69 Å². The summed E-state index contributed by atoms with van der Waals surface area (Å²) in [7, 11) is 1.60. The minimum absolute atomic E-state index is 0.0550. The van der Waals surface area contributed by atoms with Gasteiger partial charge in [0.2, 0.25) is 6.41 Å². The van der Waals surface area contributed by atoms with Crippen molar-refractivity contribution in [2.24, 2.45) is 0 Å². The predicted octanol–water partition coefficient (Wildman–Crippen LogP) is 0.860. The first-order valence-corrected chi connectivity index (χ1v) is 5.76.